The van der Waals surface area contributed by atoms with Crippen LogP contribution in [-0.2, 0) is 6.42 Å². The molecule has 0 aliphatic heterocycles. The molecule has 0 spiro atoms. The lowest BCUT2D eigenvalue weighted by molar-refractivity contribution is 0.530. The van der Waals surface area contributed by atoms with E-state index in [2.05, 4.69) is 20.7 Å². The summed E-state index contributed by atoms with van der Waals surface area (Å²) in [7, 11) is 0. The van der Waals surface area contributed by atoms with Crippen molar-refractivity contribution in [1.29, 1.82) is 0 Å². The average molecular weight is 280 g/mol. The summed E-state index contributed by atoms with van der Waals surface area (Å²) in [6, 6.07) is 0.521. The summed E-state index contributed by atoms with van der Waals surface area (Å²) in [6.07, 6.45) is 8.66. The first-order valence-corrected chi connectivity index (χ1v) is 8.09. The molecule has 0 amide bonds. The standard InChI is InChI=1S/C14H24N4S/c1-11-17-13(10-19-11)8-9-16-14(15)18-12-6-4-2-3-5-7-12/h10,12H,2-9H2,1H3,(H3,15,16,18). The smallest absolute Gasteiger partial charge is 0.188 e. The van der Waals surface area contributed by atoms with Crippen LogP contribution in [0.1, 0.15) is 49.2 Å². The van der Waals surface area contributed by atoms with Crippen LogP contribution in [0.5, 0.6) is 0 Å². The molecule has 1 aliphatic rings. The maximum Gasteiger partial charge on any atom is 0.188 e. The maximum atomic E-state index is 5.95. The summed E-state index contributed by atoms with van der Waals surface area (Å²) >= 11 is 1.69. The molecular weight excluding hydrogens is 256 g/mol. The number of nitrogens with two attached hydrogens (primary N) is 1. The van der Waals surface area contributed by atoms with Crippen molar-refractivity contribution < 1.29 is 0 Å². The van der Waals surface area contributed by atoms with Crippen molar-refractivity contribution in [2.75, 3.05) is 6.54 Å². The maximum absolute atomic E-state index is 5.95. The van der Waals surface area contributed by atoms with Crippen LogP contribution in [0.2, 0.25) is 0 Å². The zero-order valence-electron chi connectivity index (χ0n) is 11.7. The van der Waals surface area contributed by atoms with Crippen LogP contribution in [0.25, 0.3) is 0 Å². The van der Waals surface area contributed by atoms with Crippen molar-refractivity contribution in [2.24, 2.45) is 10.7 Å². The Bertz CT molecular complexity index is 405. The summed E-state index contributed by atoms with van der Waals surface area (Å²) in [5.41, 5.74) is 7.06. The van der Waals surface area contributed by atoms with Crippen LogP contribution in [0.15, 0.2) is 10.4 Å². The van der Waals surface area contributed by atoms with E-state index >= 15 is 0 Å². The number of hydrogen-bond donors (Lipinski definition) is 2. The topological polar surface area (TPSA) is 63.3 Å². The van der Waals surface area contributed by atoms with Gasteiger partial charge < -0.3 is 11.1 Å². The first kappa shape index (κ1) is 14.3. The van der Waals surface area contributed by atoms with E-state index in [-0.39, 0.29) is 0 Å². The molecule has 5 heteroatoms. The molecule has 4 nitrogen and oxygen atoms in total. The summed E-state index contributed by atoms with van der Waals surface area (Å²) in [5, 5.41) is 6.57. The van der Waals surface area contributed by atoms with Gasteiger partial charge in [0.15, 0.2) is 5.96 Å². The largest absolute Gasteiger partial charge is 0.370 e. The SMILES string of the molecule is Cc1nc(CCN=C(N)NC2CCCCCC2)cs1. The Kier molecular flexibility index (Phi) is 5.63. The third-order valence-electron chi connectivity index (χ3n) is 3.52. The quantitative estimate of drug-likeness (QED) is 0.506. The fourth-order valence-corrected chi connectivity index (χ4v) is 3.14. The summed E-state index contributed by atoms with van der Waals surface area (Å²) in [4.78, 5) is 8.82. The van der Waals surface area contributed by atoms with E-state index < -0.39 is 0 Å². The molecule has 0 atom stereocenters. The molecule has 1 aliphatic carbocycles. The minimum absolute atomic E-state index is 0.521. The third-order valence-corrected chi connectivity index (χ3v) is 4.35. The fraction of sp³-hybridized carbons (Fsp3) is 0.714. The van der Waals surface area contributed by atoms with Crippen LogP contribution < -0.4 is 11.1 Å². The Morgan fingerprint density at radius 2 is 2.16 bits per heavy atom. The predicted molar refractivity (Wildman–Crippen MR) is 81.7 cm³/mol. The molecule has 1 fully saturated rings. The minimum atomic E-state index is 0.521. The van der Waals surface area contributed by atoms with Gasteiger partial charge in [0.2, 0.25) is 0 Å². The zero-order chi connectivity index (χ0) is 13.5. The number of thiazole rings is 1. The first-order chi connectivity index (χ1) is 9.24. The van der Waals surface area contributed by atoms with Gasteiger partial charge in [-0.25, -0.2) is 4.98 Å². The highest BCUT2D eigenvalue weighted by atomic mass is 32.1. The van der Waals surface area contributed by atoms with Gasteiger partial charge in [-0.15, -0.1) is 11.3 Å². The lowest BCUT2D eigenvalue weighted by atomic mass is 10.1. The molecular formula is C14H24N4S. The molecule has 0 aromatic carbocycles. The second-order valence-corrected chi connectivity index (χ2v) is 6.27. The van der Waals surface area contributed by atoms with Gasteiger partial charge in [0, 0.05) is 24.4 Å². The molecule has 0 saturated heterocycles. The Hall–Kier alpha value is -1.10. The van der Waals surface area contributed by atoms with E-state index in [1.807, 2.05) is 6.92 Å². The number of hydrogen-bond acceptors (Lipinski definition) is 3. The zero-order valence-corrected chi connectivity index (χ0v) is 12.5. The van der Waals surface area contributed by atoms with E-state index in [1.54, 1.807) is 11.3 Å². The highest BCUT2D eigenvalue weighted by molar-refractivity contribution is 7.09. The van der Waals surface area contributed by atoms with Gasteiger partial charge in [-0.3, -0.25) is 4.99 Å². The van der Waals surface area contributed by atoms with Crippen LogP contribution in [-0.4, -0.2) is 23.5 Å². The van der Waals surface area contributed by atoms with Gasteiger partial charge in [0.25, 0.3) is 0 Å². The van der Waals surface area contributed by atoms with Crippen molar-refractivity contribution in [1.82, 2.24) is 10.3 Å². The molecule has 1 aromatic rings. The molecule has 1 heterocycles. The number of aryl methyl sites for hydroxylation is 1. The van der Waals surface area contributed by atoms with Crippen molar-refractivity contribution >= 4 is 17.3 Å². The molecule has 0 bridgehead atoms. The molecule has 0 unspecified atom stereocenters. The van der Waals surface area contributed by atoms with Crippen molar-refractivity contribution in [2.45, 2.75) is 57.9 Å². The number of aliphatic imine (C=N–C) groups is 1. The Balaban J connectivity index is 1.72. The Morgan fingerprint density at radius 1 is 1.42 bits per heavy atom. The molecule has 3 N–H and O–H groups in total. The van der Waals surface area contributed by atoms with E-state index in [0.29, 0.717) is 18.5 Å². The molecule has 106 valence electrons. The number of guanidine groups is 1. The van der Waals surface area contributed by atoms with Gasteiger partial charge in [0.1, 0.15) is 0 Å². The van der Waals surface area contributed by atoms with Gasteiger partial charge in [-0.1, -0.05) is 25.7 Å². The van der Waals surface area contributed by atoms with Crippen molar-refractivity contribution in [3.05, 3.63) is 16.1 Å². The van der Waals surface area contributed by atoms with E-state index in [4.69, 9.17) is 5.73 Å². The second kappa shape index (κ2) is 7.48. The number of aromatic nitrogens is 1. The monoisotopic (exact) mass is 280 g/mol. The Morgan fingerprint density at radius 3 is 2.79 bits per heavy atom. The molecule has 2 rings (SSSR count). The Labute approximate surface area is 119 Å². The van der Waals surface area contributed by atoms with Crippen LogP contribution in [0.4, 0.5) is 0 Å². The number of nitrogens with zero attached hydrogens (tertiary/aromatic N) is 2. The lowest BCUT2D eigenvalue weighted by Crippen LogP contribution is -2.40. The average Bonchev–Trinajstić information content (AvgIpc) is 2.63. The van der Waals surface area contributed by atoms with Crippen molar-refractivity contribution in [3.63, 3.8) is 0 Å². The molecule has 1 aromatic heterocycles. The van der Waals surface area contributed by atoms with Gasteiger partial charge in [0.05, 0.1) is 10.7 Å². The number of nitrogens with one attached hydrogen (secondary N) is 1. The van der Waals surface area contributed by atoms with E-state index in [9.17, 15) is 0 Å². The predicted octanol–water partition coefficient (Wildman–Crippen LogP) is 2.62. The minimum Gasteiger partial charge on any atom is -0.370 e. The molecule has 0 radical (unpaired) electrons. The summed E-state index contributed by atoms with van der Waals surface area (Å²) < 4.78 is 0. The fourth-order valence-electron chi connectivity index (χ4n) is 2.49. The van der Waals surface area contributed by atoms with Gasteiger partial charge in [-0.2, -0.15) is 0 Å². The van der Waals surface area contributed by atoms with E-state index in [1.165, 1.54) is 38.5 Å². The number of rotatable bonds is 4. The lowest BCUT2D eigenvalue weighted by Gasteiger charge is -2.16. The highest BCUT2D eigenvalue weighted by Gasteiger charge is 2.12. The van der Waals surface area contributed by atoms with Crippen LogP contribution >= 0.6 is 11.3 Å². The van der Waals surface area contributed by atoms with Gasteiger partial charge >= 0.3 is 0 Å². The molecule has 19 heavy (non-hydrogen) atoms. The third kappa shape index (κ3) is 5.19. The van der Waals surface area contributed by atoms with Crippen molar-refractivity contribution in [3.8, 4) is 0 Å². The molecule has 1 saturated carbocycles. The van der Waals surface area contributed by atoms with Crippen LogP contribution in [0, 0.1) is 6.92 Å². The van der Waals surface area contributed by atoms with Gasteiger partial charge in [-0.05, 0) is 19.8 Å². The highest BCUT2D eigenvalue weighted by Crippen LogP contribution is 2.16. The van der Waals surface area contributed by atoms with Crippen LogP contribution in [0.3, 0.4) is 0 Å². The summed E-state index contributed by atoms with van der Waals surface area (Å²) in [6.45, 7) is 2.74. The van der Waals surface area contributed by atoms with E-state index in [0.717, 1.165) is 17.1 Å². The second-order valence-electron chi connectivity index (χ2n) is 5.21. The first-order valence-electron chi connectivity index (χ1n) is 7.21. The normalized spacial score (nSPS) is 18.3. The summed E-state index contributed by atoms with van der Waals surface area (Å²) in [5.74, 6) is 0.596.